The van der Waals surface area contributed by atoms with Crippen molar-refractivity contribution >= 4 is 42.6 Å². The van der Waals surface area contributed by atoms with Crippen LogP contribution in [0, 0.1) is 0 Å². The summed E-state index contributed by atoms with van der Waals surface area (Å²) in [6.45, 7) is 1.54. The summed E-state index contributed by atoms with van der Waals surface area (Å²) in [5, 5.41) is 0. The third-order valence-corrected chi connectivity index (χ3v) is 7.15. The number of imidazole rings is 1. The molecule has 8 nitrogen and oxygen atoms in total. The second-order valence-electron chi connectivity index (χ2n) is 5.48. The Hall–Kier alpha value is -2.59. The van der Waals surface area contributed by atoms with Crippen LogP contribution in [-0.2, 0) is 16.9 Å². The number of sulfone groups is 1. The fourth-order valence-corrected chi connectivity index (χ4v) is 4.77. The third kappa shape index (κ3) is 2.45. The van der Waals surface area contributed by atoms with E-state index in [4.69, 9.17) is 0 Å². The molecule has 3 heterocycles. The van der Waals surface area contributed by atoms with Crippen molar-refractivity contribution in [1.29, 1.82) is 0 Å². The molecule has 4 rings (SSSR count). The molecule has 0 aliphatic carbocycles. The van der Waals surface area contributed by atoms with E-state index in [0.717, 1.165) is 22.4 Å². The van der Waals surface area contributed by atoms with Crippen LogP contribution in [0.25, 0.3) is 27.1 Å². The number of hydrogen-bond donors (Lipinski definition) is 0. The minimum absolute atomic E-state index is 0.0721. The molecule has 0 bridgehead atoms. The lowest BCUT2D eigenvalue weighted by Crippen LogP contribution is -2.17. The Morgan fingerprint density at radius 1 is 1.20 bits per heavy atom. The van der Waals surface area contributed by atoms with Gasteiger partial charge in [0.25, 0.3) is 5.56 Å². The molecule has 128 valence electrons. The number of nitrogens with zero attached hydrogens (tertiary/aromatic N) is 5. The fourth-order valence-electron chi connectivity index (χ4n) is 2.51. The number of aromatic nitrogens is 5. The molecule has 0 aliphatic rings. The maximum Gasteiger partial charge on any atom is 0.277 e. The maximum absolute atomic E-state index is 12.8. The molecular weight excluding hydrogens is 362 g/mol. The van der Waals surface area contributed by atoms with Crippen LogP contribution in [0.3, 0.4) is 0 Å². The lowest BCUT2D eigenvalue weighted by molar-refractivity contribution is 0.596. The smallest absolute Gasteiger partial charge is 0.277 e. The highest BCUT2D eigenvalue weighted by molar-refractivity contribution is 7.93. The Morgan fingerprint density at radius 3 is 2.76 bits per heavy atom. The number of hydrogen-bond acceptors (Lipinski definition) is 7. The van der Waals surface area contributed by atoms with Crippen molar-refractivity contribution in [2.75, 3.05) is 5.75 Å². The van der Waals surface area contributed by atoms with E-state index in [9.17, 15) is 13.2 Å². The summed E-state index contributed by atoms with van der Waals surface area (Å²) >= 11 is 0.857. The van der Waals surface area contributed by atoms with E-state index >= 15 is 0 Å². The molecule has 0 atom stereocenters. The highest BCUT2D eigenvalue weighted by Crippen LogP contribution is 2.23. The highest BCUT2D eigenvalue weighted by Gasteiger charge is 2.20. The van der Waals surface area contributed by atoms with Crippen molar-refractivity contribution < 1.29 is 8.42 Å². The predicted octanol–water partition coefficient (Wildman–Crippen LogP) is 1.52. The van der Waals surface area contributed by atoms with E-state index in [1.54, 1.807) is 18.5 Å². The normalized spacial score (nSPS) is 12.2. The molecule has 3 aromatic heterocycles. The van der Waals surface area contributed by atoms with Gasteiger partial charge in [-0.3, -0.25) is 9.36 Å². The van der Waals surface area contributed by atoms with Crippen LogP contribution in [0.4, 0.5) is 0 Å². The van der Waals surface area contributed by atoms with E-state index in [2.05, 4.69) is 15.0 Å². The number of aryl methyl sites for hydroxylation is 1. The lowest BCUT2D eigenvalue weighted by Gasteiger charge is -2.04. The minimum Gasteiger partial charge on any atom is -0.334 e. The Bertz CT molecular complexity index is 1280. The van der Waals surface area contributed by atoms with Gasteiger partial charge < -0.3 is 4.57 Å². The summed E-state index contributed by atoms with van der Waals surface area (Å²) in [5.74, 6) is -0.0721. The van der Waals surface area contributed by atoms with Gasteiger partial charge in [-0.25, -0.2) is 23.4 Å². The third-order valence-electron chi connectivity index (χ3n) is 3.93. The molecule has 10 heteroatoms. The topological polar surface area (TPSA) is 99.7 Å². The van der Waals surface area contributed by atoms with Crippen molar-refractivity contribution in [3.8, 4) is 5.69 Å². The fraction of sp³-hybridized carbons (Fsp3) is 0.200. The largest absolute Gasteiger partial charge is 0.334 e. The molecule has 0 saturated carbocycles. The van der Waals surface area contributed by atoms with Crippen molar-refractivity contribution in [3.05, 3.63) is 41.2 Å². The maximum atomic E-state index is 12.8. The average molecular weight is 375 g/mol. The predicted molar refractivity (Wildman–Crippen MR) is 95.0 cm³/mol. The summed E-state index contributed by atoms with van der Waals surface area (Å²) in [6.07, 6.45) is 3.06. The van der Waals surface area contributed by atoms with Gasteiger partial charge in [0.1, 0.15) is 11.0 Å². The van der Waals surface area contributed by atoms with Crippen LogP contribution in [0.5, 0.6) is 0 Å². The Labute approximate surface area is 146 Å². The zero-order valence-corrected chi connectivity index (χ0v) is 15.0. The van der Waals surface area contributed by atoms with Crippen LogP contribution in [0.1, 0.15) is 6.92 Å². The summed E-state index contributed by atoms with van der Waals surface area (Å²) < 4.78 is 27.4. The molecule has 0 unspecified atom stereocenters. The minimum atomic E-state index is -3.47. The number of benzene rings is 1. The molecule has 1 aromatic carbocycles. The summed E-state index contributed by atoms with van der Waals surface area (Å²) in [5.41, 5.74) is 2.11. The van der Waals surface area contributed by atoms with Gasteiger partial charge in [-0.2, -0.15) is 0 Å². The van der Waals surface area contributed by atoms with E-state index in [0.29, 0.717) is 5.69 Å². The van der Waals surface area contributed by atoms with Gasteiger partial charge in [0, 0.05) is 7.05 Å². The number of fused-ring (bicyclic) bond motifs is 2. The van der Waals surface area contributed by atoms with Crippen molar-refractivity contribution in [1.82, 2.24) is 24.1 Å². The zero-order valence-electron chi connectivity index (χ0n) is 13.4. The van der Waals surface area contributed by atoms with Crippen LogP contribution >= 0.6 is 11.3 Å². The van der Waals surface area contributed by atoms with Crippen LogP contribution < -0.4 is 5.56 Å². The second-order valence-corrected chi connectivity index (χ2v) is 8.94. The lowest BCUT2D eigenvalue weighted by atomic mass is 10.2. The van der Waals surface area contributed by atoms with Crippen molar-refractivity contribution in [3.63, 3.8) is 0 Å². The first-order valence-electron chi connectivity index (χ1n) is 7.43. The van der Waals surface area contributed by atoms with Gasteiger partial charge in [-0.15, -0.1) is 0 Å². The molecule has 0 aliphatic heterocycles. The average Bonchev–Trinajstić information content (AvgIpc) is 3.20. The molecule has 0 amide bonds. The monoisotopic (exact) mass is 375 g/mol. The van der Waals surface area contributed by atoms with Gasteiger partial charge in [-0.1, -0.05) is 18.3 Å². The van der Waals surface area contributed by atoms with E-state index in [1.165, 1.54) is 17.8 Å². The van der Waals surface area contributed by atoms with Crippen LogP contribution in [0.2, 0.25) is 0 Å². The van der Waals surface area contributed by atoms with Crippen molar-refractivity contribution in [2.24, 2.45) is 7.05 Å². The highest BCUT2D eigenvalue weighted by atomic mass is 32.2. The molecular formula is C15H13N5O3S2. The van der Waals surface area contributed by atoms with Crippen LogP contribution in [0.15, 0.2) is 40.0 Å². The molecule has 0 saturated heterocycles. The van der Waals surface area contributed by atoms with Gasteiger partial charge in [0.2, 0.25) is 14.2 Å². The van der Waals surface area contributed by atoms with Gasteiger partial charge in [-0.05, 0) is 18.2 Å². The van der Waals surface area contributed by atoms with Crippen molar-refractivity contribution in [2.45, 2.75) is 11.3 Å². The van der Waals surface area contributed by atoms with Crippen LogP contribution in [-0.4, -0.2) is 38.3 Å². The van der Waals surface area contributed by atoms with Gasteiger partial charge in [0.15, 0.2) is 5.65 Å². The van der Waals surface area contributed by atoms with Gasteiger partial charge >= 0.3 is 0 Å². The molecule has 0 radical (unpaired) electrons. The molecule has 0 fully saturated rings. The molecule has 0 spiro atoms. The number of thiazole rings is 1. The molecule has 4 aromatic rings. The molecule has 0 N–H and O–H groups in total. The summed E-state index contributed by atoms with van der Waals surface area (Å²) in [7, 11) is -1.58. The Kier molecular flexibility index (Phi) is 3.48. The Balaban J connectivity index is 1.92. The first-order chi connectivity index (χ1) is 11.9. The second kappa shape index (κ2) is 5.46. The zero-order chi connectivity index (χ0) is 17.8. The Morgan fingerprint density at radius 2 is 2.00 bits per heavy atom. The van der Waals surface area contributed by atoms with Gasteiger partial charge in [0.05, 0.1) is 28.8 Å². The SMILES string of the molecule is CCS(=O)(=O)c1nc2ncn(-c3ccc4c(c3)ncn4C)c(=O)c2s1. The summed E-state index contributed by atoms with van der Waals surface area (Å²) in [6, 6.07) is 5.45. The quantitative estimate of drug-likeness (QED) is 0.538. The van der Waals surface area contributed by atoms with E-state index in [-0.39, 0.29) is 26.0 Å². The summed E-state index contributed by atoms with van der Waals surface area (Å²) in [4.78, 5) is 25.2. The standard InChI is InChI=1S/C15H13N5O3S2/c1-3-25(22,23)15-18-13-12(24-15)14(21)20(8-17-13)9-4-5-11-10(6-9)16-7-19(11)2/h4-8H,3H2,1-2H3. The number of rotatable bonds is 3. The van der Waals surface area contributed by atoms with E-state index in [1.807, 2.05) is 17.7 Å². The van der Waals surface area contributed by atoms with E-state index < -0.39 is 9.84 Å². The molecule has 25 heavy (non-hydrogen) atoms. The first kappa shape index (κ1) is 15.9. The first-order valence-corrected chi connectivity index (χ1v) is 9.90.